The minimum absolute atomic E-state index is 0.0176. The number of rotatable bonds is 6. The normalized spacial score (nSPS) is 18.7. The second-order valence-electron chi connectivity index (χ2n) is 4.76. The molecule has 100 valence electrons. The summed E-state index contributed by atoms with van der Waals surface area (Å²) in [5.74, 6) is 5.77. The van der Waals surface area contributed by atoms with Gasteiger partial charge in [-0.05, 0) is 42.9 Å². The second kappa shape index (κ2) is 5.97. The highest BCUT2D eigenvalue weighted by molar-refractivity contribution is 6.30. The van der Waals surface area contributed by atoms with Gasteiger partial charge in [0.2, 0.25) is 0 Å². The van der Waals surface area contributed by atoms with Crippen LogP contribution in [0.4, 0.5) is 4.39 Å². The minimum Gasteiger partial charge on any atom is -0.379 e. The lowest BCUT2D eigenvalue weighted by Gasteiger charge is -2.25. The number of nitrogens with two attached hydrogens (primary N) is 1. The van der Waals surface area contributed by atoms with Crippen LogP contribution in [0.3, 0.4) is 0 Å². The quantitative estimate of drug-likeness (QED) is 0.617. The lowest BCUT2D eigenvalue weighted by molar-refractivity contribution is 0.0511. The topological polar surface area (TPSA) is 47.3 Å². The van der Waals surface area contributed by atoms with Crippen LogP contribution in [-0.2, 0) is 11.2 Å². The van der Waals surface area contributed by atoms with E-state index in [-0.39, 0.29) is 17.2 Å². The zero-order valence-corrected chi connectivity index (χ0v) is 11.1. The van der Waals surface area contributed by atoms with Crippen LogP contribution in [0, 0.1) is 11.7 Å². The van der Waals surface area contributed by atoms with Gasteiger partial charge in [0.05, 0.1) is 17.2 Å². The Balaban J connectivity index is 2.06. The van der Waals surface area contributed by atoms with Crippen molar-refractivity contribution in [2.75, 3.05) is 7.11 Å². The summed E-state index contributed by atoms with van der Waals surface area (Å²) in [5, 5.41) is 0.142. The third-order valence-corrected chi connectivity index (χ3v) is 3.70. The third kappa shape index (κ3) is 3.20. The van der Waals surface area contributed by atoms with Crippen molar-refractivity contribution < 1.29 is 9.13 Å². The third-order valence-electron chi connectivity index (χ3n) is 3.41. The van der Waals surface area contributed by atoms with Gasteiger partial charge in [0.1, 0.15) is 5.82 Å². The van der Waals surface area contributed by atoms with Crippen molar-refractivity contribution in [3.05, 3.63) is 34.6 Å². The summed E-state index contributed by atoms with van der Waals surface area (Å²) in [6.45, 7) is 0. The van der Waals surface area contributed by atoms with Gasteiger partial charge in [-0.25, -0.2) is 4.39 Å². The van der Waals surface area contributed by atoms with Gasteiger partial charge in [0, 0.05) is 7.11 Å². The van der Waals surface area contributed by atoms with Gasteiger partial charge in [0.15, 0.2) is 0 Å². The number of ether oxygens (including phenoxy) is 1. The molecule has 3 N–H and O–H groups in total. The van der Waals surface area contributed by atoms with E-state index in [1.165, 1.54) is 18.9 Å². The molecule has 0 amide bonds. The molecule has 3 nitrogen and oxygen atoms in total. The molecular formula is C13H18ClFN2O. The first-order valence-electron chi connectivity index (χ1n) is 6.08. The average Bonchev–Trinajstić information content (AvgIpc) is 3.18. The molecule has 0 aromatic heterocycles. The molecule has 0 heterocycles. The van der Waals surface area contributed by atoms with Crippen molar-refractivity contribution in [3.8, 4) is 0 Å². The fourth-order valence-electron chi connectivity index (χ4n) is 2.30. The molecule has 0 saturated heterocycles. The maximum absolute atomic E-state index is 13.1. The van der Waals surface area contributed by atoms with Crippen molar-refractivity contribution in [3.63, 3.8) is 0 Å². The highest BCUT2D eigenvalue weighted by Gasteiger charge is 2.36. The molecule has 1 aliphatic carbocycles. The first kappa shape index (κ1) is 13.7. The second-order valence-corrected chi connectivity index (χ2v) is 5.17. The van der Waals surface area contributed by atoms with E-state index in [1.54, 1.807) is 19.2 Å². The van der Waals surface area contributed by atoms with E-state index in [9.17, 15) is 4.39 Å². The van der Waals surface area contributed by atoms with Crippen molar-refractivity contribution in [1.29, 1.82) is 0 Å². The predicted molar refractivity (Wildman–Crippen MR) is 69.7 cm³/mol. The number of halogens is 2. The van der Waals surface area contributed by atoms with Crippen LogP contribution in [0.1, 0.15) is 18.4 Å². The lowest BCUT2D eigenvalue weighted by Crippen LogP contribution is -2.47. The molecule has 18 heavy (non-hydrogen) atoms. The zero-order chi connectivity index (χ0) is 13.1. The first-order chi connectivity index (χ1) is 8.65. The van der Waals surface area contributed by atoms with E-state index in [4.69, 9.17) is 22.2 Å². The highest BCUT2D eigenvalue weighted by Crippen LogP contribution is 2.36. The molecule has 0 aliphatic heterocycles. The lowest BCUT2D eigenvalue weighted by atomic mass is 9.99. The fourth-order valence-corrected chi connectivity index (χ4v) is 2.50. The summed E-state index contributed by atoms with van der Waals surface area (Å²) in [7, 11) is 1.70. The Bertz CT molecular complexity index is 412. The number of methoxy groups -OCH3 is 1. The molecule has 2 rings (SSSR count). The van der Waals surface area contributed by atoms with Crippen LogP contribution in [0.15, 0.2) is 18.2 Å². The maximum Gasteiger partial charge on any atom is 0.141 e. The number of hydrazine groups is 1. The van der Waals surface area contributed by atoms with Gasteiger partial charge in [-0.3, -0.25) is 11.3 Å². The molecule has 1 aliphatic rings. The summed E-state index contributed by atoms with van der Waals surface area (Å²) < 4.78 is 18.6. The molecule has 1 aromatic rings. The molecular weight excluding hydrogens is 255 g/mol. The SMILES string of the molecule is COC(C1CC1)C(Cc1ccc(F)c(Cl)c1)NN. The number of hydrogen-bond donors (Lipinski definition) is 2. The molecule has 1 aromatic carbocycles. The molecule has 0 bridgehead atoms. The summed E-state index contributed by atoms with van der Waals surface area (Å²) in [6, 6.07) is 4.76. The molecule has 1 saturated carbocycles. The van der Waals surface area contributed by atoms with Crippen molar-refractivity contribution >= 4 is 11.6 Å². The zero-order valence-electron chi connectivity index (χ0n) is 10.3. The Morgan fingerprint density at radius 3 is 2.78 bits per heavy atom. The van der Waals surface area contributed by atoms with E-state index in [0.29, 0.717) is 12.3 Å². The predicted octanol–water partition coefficient (Wildman–Crippen LogP) is 2.28. The van der Waals surface area contributed by atoms with E-state index < -0.39 is 5.82 Å². The van der Waals surface area contributed by atoms with Crippen LogP contribution >= 0.6 is 11.6 Å². The maximum atomic E-state index is 13.1. The largest absolute Gasteiger partial charge is 0.379 e. The average molecular weight is 273 g/mol. The van der Waals surface area contributed by atoms with Gasteiger partial charge in [-0.2, -0.15) is 0 Å². The number of nitrogens with one attached hydrogen (secondary N) is 1. The summed E-state index contributed by atoms with van der Waals surface area (Å²) in [5.41, 5.74) is 3.75. The van der Waals surface area contributed by atoms with Crippen LogP contribution in [0.5, 0.6) is 0 Å². The van der Waals surface area contributed by atoms with E-state index >= 15 is 0 Å². The first-order valence-corrected chi connectivity index (χ1v) is 6.46. The summed E-state index contributed by atoms with van der Waals surface area (Å²) >= 11 is 5.77. The van der Waals surface area contributed by atoms with Crippen molar-refractivity contribution in [2.45, 2.75) is 31.4 Å². The molecule has 0 radical (unpaired) electrons. The van der Waals surface area contributed by atoms with Crippen molar-refractivity contribution in [1.82, 2.24) is 5.43 Å². The smallest absolute Gasteiger partial charge is 0.141 e. The van der Waals surface area contributed by atoms with Crippen LogP contribution < -0.4 is 11.3 Å². The number of benzene rings is 1. The molecule has 0 spiro atoms. The molecule has 5 heteroatoms. The molecule has 2 atom stereocenters. The van der Waals surface area contributed by atoms with Gasteiger partial charge in [-0.1, -0.05) is 17.7 Å². The Hall–Kier alpha value is -0.680. The van der Waals surface area contributed by atoms with Crippen LogP contribution in [0.2, 0.25) is 5.02 Å². The Morgan fingerprint density at radius 2 is 2.28 bits per heavy atom. The van der Waals surface area contributed by atoms with Crippen LogP contribution in [-0.4, -0.2) is 19.3 Å². The summed E-state index contributed by atoms with van der Waals surface area (Å²) in [6.07, 6.45) is 3.13. The van der Waals surface area contributed by atoms with E-state index in [1.807, 2.05) is 0 Å². The number of hydrogen-bond acceptors (Lipinski definition) is 3. The van der Waals surface area contributed by atoms with E-state index in [0.717, 1.165) is 5.56 Å². The molecule has 2 unspecified atom stereocenters. The summed E-state index contributed by atoms with van der Waals surface area (Å²) in [4.78, 5) is 0. The van der Waals surface area contributed by atoms with E-state index in [2.05, 4.69) is 5.43 Å². The molecule has 1 fully saturated rings. The Labute approximate surface area is 111 Å². The highest BCUT2D eigenvalue weighted by atomic mass is 35.5. The monoisotopic (exact) mass is 272 g/mol. The Morgan fingerprint density at radius 1 is 1.56 bits per heavy atom. The van der Waals surface area contributed by atoms with Gasteiger partial charge < -0.3 is 4.74 Å². The minimum atomic E-state index is -0.400. The van der Waals surface area contributed by atoms with Gasteiger partial charge in [0.25, 0.3) is 0 Å². The van der Waals surface area contributed by atoms with Crippen LogP contribution in [0.25, 0.3) is 0 Å². The van der Waals surface area contributed by atoms with Gasteiger partial charge in [-0.15, -0.1) is 0 Å². The fraction of sp³-hybridized carbons (Fsp3) is 0.538. The Kier molecular flexibility index (Phi) is 4.56. The van der Waals surface area contributed by atoms with Gasteiger partial charge >= 0.3 is 0 Å². The van der Waals surface area contributed by atoms with Crippen molar-refractivity contribution in [2.24, 2.45) is 11.8 Å². The standard InChI is InChI=1S/C13H18ClFN2O/c1-18-13(9-3-4-9)12(17-16)7-8-2-5-11(15)10(14)6-8/h2,5-6,9,12-13,17H,3-4,7,16H2,1H3.